The summed E-state index contributed by atoms with van der Waals surface area (Å²) in [5.41, 5.74) is 0.324. The van der Waals surface area contributed by atoms with Crippen LogP contribution >= 0.6 is 27.7 Å². The van der Waals surface area contributed by atoms with Gasteiger partial charge in [-0.1, -0.05) is 20.4 Å². The van der Waals surface area contributed by atoms with E-state index in [-0.39, 0.29) is 4.64 Å². The Balaban J connectivity index is 2.89. The Hall–Kier alpha value is -0.280. The monoisotopic (exact) mass is 223 g/mol. The summed E-state index contributed by atoms with van der Waals surface area (Å²) in [6.07, 6.45) is 0. The molecule has 4 heteroatoms. The van der Waals surface area contributed by atoms with Gasteiger partial charge in [-0.3, -0.25) is 0 Å². The van der Waals surface area contributed by atoms with Gasteiger partial charge in [0.25, 0.3) is 0 Å². The quantitative estimate of drug-likeness (QED) is 0.662. The molecule has 0 fully saturated rings. The molecule has 1 rings (SSSR count). The van der Waals surface area contributed by atoms with Crippen LogP contribution in [0.4, 0.5) is 10.2 Å². The Morgan fingerprint density at radius 2 is 1.80 bits per heavy atom. The highest BCUT2D eigenvalue weighted by molar-refractivity contribution is 9.10. The predicted octanol–water partition coefficient (Wildman–Crippen LogP) is 3.29. The van der Waals surface area contributed by atoms with Crippen molar-refractivity contribution in [1.82, 2.24) is 0 Å². The lowest BCUT2D eigenvalue weighted by atomic mass is 10.3. The van der Waals surface area contributed by atoms with Crippen LogP contribution < -0.4 is 4.64 Å². The highest BCUT2D eigenvalue weighted by Crippen LogP contribution is 2.19. The highest BCUT2D eigenvalue weighted by atomic mass is 79.9. The zero-order valence-electron chi connectivity index (χ0n) is 4.89. The molecule has 1 nitrogen and oxygen atoms in total. The van der Waals surface area contributed by atoms with Crippen molar-refractivity contribution >= 4 is 33.4 Å². The van der Waals surface area contributed by atoms with Crippen molar-refractivity contribution in [1.29, 1.82) is 0 Å². The summed E-state index contributed by atoms with van der Waals surface area (Å²) in [4.78, 5) is 0. The molecule has 0 amide bonds. The second kappa shape index (κ2) is 3.21. The molecule has 0 saturated heterocycles. The van der Waals surface area contributed by atoms with E-state index >= 15 is 0 Å². The van der Waals surface area contributed by atoms with Gasteiger partial charge >= 0.3 is 0 Å². The van der Waals surface area contributed by atoms with E-state index in [1.54, 1.807) is 24.3 Å². The van der Waals surface area contributed by atoms with Crippen LogP contribution in [0.2, 0.25) is 0 Å². The summed E-state index contributed by atoms with van der Waals surface area (Å²) in [6, 6.07) is 6.56. The van der Waals surface area contributed by atoms with Crippen LogP contribution in [-0.4, -0.2) is 0 Å². The van der Waals surface area contributed by atoms with E-state index in [1.807, 2.05) is 0 Å². The van der Waals surface area contributed by atoms with Crippen LogP contribution in [0.1, 0.15) is 0 Å². The SMILES string of the molecule is FN(Cl)c1ccc(Br)cc1. The van der Waals surface area contributed by atoms with Crippen molar-refractivity contribution in [2.75, 3.05) is 4.64 Å². The van der Waals surface area contributed by atoms with E-state index in [2.05, 4.69) is 15.9 Å². The third-order valence-electron chi connectivity index (χ3n) is 1.02. The van der Waals surface area contributed by atoms with Gasteiger partial charge < -0.3 is 0 Å². The lowest BCUT2D eigenvalue weighted by Gasteiger charge is -2.01. The first-order valence-corrected chi connectivity index (χ1v) is 3.70. The molecule has 0 atom stereocenters. The topological polar surface area (TPSA) is 3.24 Å². The molecule has 54 valence electrons. The standard InChI is InChI=1S/C6H4BrClFN/c7-5-1-3-6(4-2-5)10(8)9/h1-4H. The molecule has 0 aliphatic carbocycles. The molecule has 0 bridgehead atoms. The lowest BCUT2D eigenvalue weighted by molar-refractivity contribution is 0.540. The number of hydrogen-bond donors (Lipinski definition) is 0. The van der Waals surface area contributed by atoms with Gasteiger partial charge in [-0.05, 0) is 24.3 Å². The minimum atomic E-state index is 0.0481. The Bertz CT molecular complexity index is 211. The minimum absolute atomic E-state index is 0.0481. The second-order valence-electron chi connectivity index (χ2n) is 1.71. The molecule has 0 N–H and O–H groups in total. The molecule has 0 radical (unpaired) electrons. The summed E-state index contributed by atoms with van der Waals surface area (Å²) >= 11 is 8.22. The zero-order valence-corrected chi connectivity index (χ0v) is 7.23. The number of halogens is 3. The van der Waals surface area contributed by atoms with E-state index in [9.17, 15) is 4.48 Å². The van der Waals surface area contributed by atoms with Crippen molar-refractivity contribution < 1.29 is 4.48 Å². The fraction of sp³-hybridized carbons (Fsp3) is 0. The molecule has 1 aromatic carbocycles. The first-order valence-electron chi connectivity index (χ1n) is 2.57. The fourth-order valence-electron chi connectivity index (χ4n) is 0.554. The molecule has 0 saturated carbocycles. The van der Waals surface area contributed by atoms with Crippen molar-refractivity contribution in [3.8, 4) is 0 Å². The second-order valence-corrected chi connectivity index (χ2v) is 2.92. The molecule has 0 aromatic heterocycles. The maximum Gasteiger partial charge on any atom is 0.0880 e. The van der Waals surface area contributed by atoms with Crippen LogP contribution in [0.5, 0.6) is 0 Å². The smallest absolute Gasteiger partial charge is 0.0880 e. The summed E-state index contributed by atoms with van der Waals surface area (Å²) in [5, 5.41) is 0. The van der Waals surface area contributed by atoms with Gasteiger partial charge in [0.2, 0.25) is 0 Å². The molecule has 0 aliphatic rings. The lowest BCUT2D eigenvalue weighted by Crippen LogP contribution is -1.91. The number of anilines is 1. The number of benzene rings is 1. The summed E-state index contributed by atoms with van der Waals surface area (Å²) in [7, 11) is 0. The number of hydrogen-bond acceptors (Lipinski definition) is 1. The van der Waals surface area contributed by atoms with E-state index in [0.717, 1.165) is 4.47 Å². The Kier molecular flexibility index (Phi) is 2.51. The van der Waals surface area contributed by atoms with Gasteiger partial charge in [0.1, 0.15) is 0 Å². The van der Waals surface area contributed by atoms with Crippen molar-refractivity contribution in [2.24, 2.45) is 0 Å². The van der Waals surface area contributed by atoms with Crippen molar-refractivity contribution in [2.45, 2.75) is 0 Å². The van der Waals surface area contributed by atoms with Crippen LogP contribution in [0.15, 0.2) is 28.7 Å². The van der Waals surface area contributed by atoms with Crippen molar-refractivity contribution in [3.63, 3.8) is 0 Å². The van der Waals surface area contributed by atoms with Crippen LogP contribution in [0.25, 0.3) is 0 Å². The summed E-state index contributed by atoms with van der Waals surface area (Å²) in [5.74, 6) is 0. The Labute approximate surface area is 71.6 Å². The van der Waals surface area contributed by atoms with Crippen LogP contribution in [0, 0.1) is 0 Å². The van der Waals surface area contributed by atoms with Crippen LogP contribution in [-0.2, 0) is 0 Å². The zero-order chi connectivity index (χ0) is 7.56. The maximum absolute atomic E-state index is 12.1. The summed E-state index contributed by atoms with van der Waals surface area (Å²) in [6.45, 7) is 0. The number of nitrogens with zero attached hydrogens (tertiary/aromatic N) is 1. The van der Waals surface area contributed by atoms with Crippen molar-refractivity contribution in [3.05, 3.63) is 28.7 Å². The molecule has 10 heavy (non-hydrogen) atoms. The predicted molar refractivity (Wildman–Crippen MR) is 43.6 cm³/mol. The largest absolute Gasteiger partial charge is 0.117 e. The van der Waals surface area contributed by atoms with E-state index in [1.165, 1.54) is 0 Å². The number of rotatable bonds is 1. The molecule has 0 aliphatic heterocycles. The first kappa shape index (κ1) is 7.82. The minimum Gasteiger partial charge on any atom is -0.117 e. The van der Waals surface area contributed by atoms with Crippen LogP contribution in [0.3, 0.4) is 0 Å². The molecule has 0 spiro atoms. The molecular weight excluding hydrogens is 220 g/mol. The average molecular weight is 224 g/mol. The molecule has 0 unspecified atom stereocenters. The fourth-order valence-corrected chi connectivity index (χ4v) is 0.931. The highest BCUT2D eigenvalue weighted by Gasteiger charge is 1.97. The normalized spacial score (nSPS) is 9.50. The average Bonchev–Trinajstić information content (AvgIpc) is 1.88. The third-order valence-corrected chi connectivity index (χ3v) is 1.75. The van der Waals surface area contributed by atoms with Gasteiger partial charge in [0, 0.05) is 16.2 Å². The van der Waals surface area contributed by atoms with Gasteiger partial charge in [0.15, 0.2) is 0 Å². The third kappa shape index (κ3) is 1.85. The first-order chi connectivity index (χ1) is 4.70. The van der Waals surface area contributed by atoms with E-state index < -0.39 is 0 Å². The van der Waals surface area contributed by atoms with Gasteiger partial charge in [-0.15, -0.1) is 4.64 Å². The molecule has 1 aromatic rings. The maximum atomic E-state index is 12.1. The molecular formula is C6H4BrClFN. The van der Waals surface area contributed by atoms with Gasteiger partial charge in [-0.2, -0.15) is 0 Å². The molecule has 0 heterocycles. The van der Waals surface area contributed by atoms with E-state index in [0.29, 0.717) is 5.69 Å². The van der Waals surface area contributed by atoms with E-state index in [4.69, 9.17) is 11.8 Å². The Morgan fingerprint density at radius 3 is 2.20 bits per heavy atom. The van der Waals surface area contributed by atoms with Gasteiger partial charge in [-0.25, -0.2) is 0 Å². The Morgan fingerprint density at radius 1 is 1.30 bits per heavy atom. The summed E-state index contributed by atoms with van der Waals surface area (Å²) < 4.78 is 13.1. The van der Waals surface area contributed by atoms with Gasteiger partial charge in [0.05, 0.1) is 5.69 Å².